The molecule has 0 aliphatic carbocycles. The highest BCUT2D eigenvalue weighted by Gasteiger charge is 2.19. The van der Waals surface area contributed by atoms with Gasteiger partial charge in [0.05, 0.1) is 6.61 Å². The molecule has 1 unspecified atom stereocenters. The Bertz CT molecular complexity index is 419. The molecule has 0 fully saturated rings. The van der Waals surface area contributed by atoms with E-state index in [0.29, 0.717) is 6.04 Å². The van der Waals surface area contributed by atoms with Gasteiger partial charge in [-0.25, -0.2) is 0 Å². The number of rotatable bonds is 7. The van der Waals surface area contributed by atoms with E-state index in [9.17, 15) is 0 Å². The van der Waals surface area contributed by atoms with Gasteiger partial charge in [0.25, 0.3) is 0 Å². The van der Waals surface area contributed by atoms with Crippen LogP contribution in [0.5, 0.6) is 5.75 Å². The SMILES string of the molecule is CCCCCC(Cc1cc(Cl)cc2c1OCC2)NC. The molecule has 19 heavy (non-hydrogen) atoms. The van der Waals surface area contributed by atoms with E-state index in [4.69, 9.17) is 16.3 Å². The van der Waals surface area contributed by atoms with Crippen LogP contribution in [0.1, 0.15) is 43.7 Å². The Labute approximate surface area is 121 Å². The summed E-state index contributed by atoms with van der Waals surface area (Å²) in [6.07, 6.45) is 7.07. The van der Waals surface area contributed by atoms with Gasteiger partial charge in [0, 0.05) is 17.5 Å². The standard InChI is InChI=1S/C16H24ClNO/c1-3-4-5-6-15(18-2)11-13-10-14(17)9-12-7-8-19-16(12)13/h9-10,15,18H,3-8,11H2,1-2H3. The maximum Gasteiger partial charge on any atom is 0.125 e. The Morgan fingerprint density at radius 2 is 2.21 bits per heavy atom. The van der Waals surface area contributed by atoms with Crippen LogP contribution in [0, 0.1) is 0 Å². The summed E-state index contributed by atoms with van der Waals surface area (Å²) < 4.78 is 5.77. The maximum atomic E-state index is 6.21. The predicted octanol–water partition coefficient (Wildman–Crippen LogP) is 3.99. The lowest BCUT2D eigenvalue weighted by atomic mass is 9.98. The third kappa shape index (κ3) is 3.87. The molecule has 3 heteroatoms. The van der Waals surface area contributed by atoms with Gasteiger partial charge in [-0.05, 0) is 43.1 Å². The van der Waals surface area contributed by atoms with E-state index < -0.39 is 0 Å². The monoisotopic (exact) mass is 281 g/mol. The van der Waals surface area contributed by atoms with Crippen LogP contribution in [0.3, 0.4) is 0 Å². The van der Waals surface area contributed by atoms with Gasteiger partial charge in [-0.1, -0.05) is 37.8 Å². The summed E-state index contributed by atoms with van der Waals surface area (Å²) in [6.45, 7) is 3.04. The summed E-state index contributed by atoms with van der Waals surface area (Å²) in [5.74, 6) is 1.08. The molecule has 0 bridgehead atoms. The highest BCUT2D eigenvalue weighted by Crippen LogP contribution is 2.33. The van der Waals surface area contributed by atoms with E-state index in [0.717, 1.165) is 30.2 Å². The highest BCUT2D eigenvalue weighted by atomic mass is 35.5. The number of benzene rings is 1. The van der Waals surface area contributed by atoms with Crippen molar-refractivity contribution in [1.29, 1.82) is 0 Å². The molecule has 1 aromatic rings. The zero-order valence-electron chi connectivity index (χ0n) is 12.0. The molecule has 2 nitrogen and oxygen atoms in total. The first kappa shape index (κ1) is 14.7. The summed E-state index contributed by atoms with van der Waals surface area (Å²) >= 11 is 6.21. The molecule has 1 aliphatic rings. The van der Waals surface area contributed by atoms with Gasteiger partial charge in [-0.2, -0.15) is 0 Å². The first-order valence-electron chi connectivity index (χ1n) is 7.36. The molecule has 2 rings (SSSR count). The summed E-state index contributed by atoms with van der Waals surface area (Å²) in [5, 5.41) is 4.26. The fourth-order valence-corrected chi connectivity index (χ4v) is 3.02. The molecule has 106 valence electrons. The zero-order valence-corrected chi connectivity index (χ0v) is 12.7. The van der Waals surface area contributed by atoms with E-state index in [2.05, 4.69) is 18.3 Å². The molecule has 0 aromatic heterocycles. The Morgan fingerprint density at radius 3 is 2.95 bits per heavy atom. The fourth-order valence-electron chi connectivity index (χ4n) is 2.75. The van der Waals surface area contributed by atoms with Crippen LogP contribution in [0.2, 0.25) is 5.02 Å². The molecule has 1 atom stereocenters. The average molecular weight is 282 g/mol. The second kappa shape index (κ2) is 7.16. The van der Waals surface area contributed by atoms with Crippen molar-refractivity contribution >= 4 is 11.6 Å². The molecule has 0 amide bonds. The molecule has 0 saturated carbocycles. The van der Waals surface area contributed by atoms with Gasteiger partial charge in [0.1, 0.15) is 5.75 Å². The van der Waals surface area contributed by atoms with Crippen molar-refractivity contribution in [3.05, 3.63) is 28.3 Å². The van der Waals surface area contributed by atoms with Crippen molar-refractivity contribution in [1.82, 2.24) is 5.32 Å². The van der Waals surface area contributed by atoms with Crippen molar-refractivity contribution in [2.45, 2.75) is 51.5 Å². The van der Waals surface area contributed by atoms with Crippen molar-refractivity contribution in [3.63, 3.8) is 0 Å². The van der Waals surface area contributed by atoms with E-state index in [1.807, 2.05) is 13.1 Å². The quantitative estimate of drug-likeness (QED) is 0.763. The summed E-state index contributed by atoms with van der Waals surface area (Å²) in [5.41, 5.74) is 2.53. The van der Waals surface area contributed by atoms with Crippen molar-refractivity contribution in [3.8, 4) is 5.75 Å². The Balaban J connectivity index is 2.05. The Morgan fingerprint density at radius 1 is 1.37 bits per heavy atom. The molecular weight excluding hydrogens is 258 g/mol. The lowest BCUT2D eigenvalue weighted by Gasteiger charge is -2.18. The summed E-state index contributed by atoms with van der Waals surface area (Å²) in [4.78, 5) is 0. The predicted molar refractivity (Wildman–Crippen MR) is 81.3 cm³/mol. The average Bonchev–Trinajstić information content (AvgIpc) is 2.85. The van der Waals surface area contributed by atoms with Crippen LogP contribution in [-0.4, -0.2) is 19.7 Å². The normalized spacial score (nSPS) is 15.1. The minimum atomic E-state index is 0.512. The molecule has 1 N–H and O–H groups in total. The number of hydrogen-bond acceptors (Lipinski definition) is 2. The summed E-state index contributed by atoms with van der Waals surface area (Å²) in [6, 6.07) is 4.62. The number of nitrogens with one attached hydrogen (secondary N) is 1. The van der Waals surface area contributed by atoms with Crippen molar-refractivity contribution in [2.75, 3.05) is 13.7 Å². The van der Waals surface area contributed by atoms with Crippen LogP contribution in [0.15, 0.2) is 12.1 Å². The van der Waals surface area contributed by atoms with Gasteiger partial charge in [-0.3, -0.25) is 0 Å². The summed E-state index contributed by atoms with van der Waals surface area (Å²) in [7, 11) is 2.04. The second-order valence-corrected chi connectivity index (χ2v) is 5.77. The zero-order chi connectivity index (χ0) is 13.7. The van der Waals surface area contributed by atoms with Crippen LogP contribution in [0.4, 0.5) is 0 Å². The minimum absolute atomic E-state index is 0.512. The van der Waals surface area contributed by atoms with E-state index in [1.165, 1.54) is 36.8 Å². The number of likely N-dealkylation sites (N-methyl/N-ethyl adjacent to an activating group) is 1. The second-order valence-electron chi connectivity index (χ2n) is 5.34. The van der Waals surface area contributed by atoms with E-state index in [1.54, 1.807) is 0 Å². The number of halogens is 1. The molecule has 1 aromatic carbocycles. The maximum absolute atomic E-state index is 6.21. The molecule has 1 aliphatic heterocycles. The van der Waals surface area contributed by atoms with Gasteiger partial charge < -0.3 is 10.1 Å². The van der Waals surface area contributed by atoms with Gasteiger partial charge in [-0.15, -0.1) is 0 Å². The Kier molecular flexibility index (Phi) is 5.53. The van der Waals surface area contributed by atoms with Crippen LogP contribution in [0.25, 0.3) is 0 Å². The minimum Gasteiger partial charge on any atom is -0.493 e. The highest BCUT2D eigenvalue weighted by molar-refractivity contribution is 6.30. The van der Waals surface area contributed by atoms with E-state index >= 15 is 0 Å². The fraction of sp³-hybridized carbons (Fsp3) is 0.625. The van der Waals surface area contributed by atoms with Crippen LogP contribution >= 0.6 is 11.6 Å². The van der Waals surface area contributed by atoms with Gasteiger partial charge in [0.2, 0.25) is 0 Å². The molecule has 0 saturated heterocycles. The first-order chi connectivity index (χ1) is 9.24. The van der Waals surface area contributed by atoms with Gasteiger partial charge >= 0.3 is 0 Å². The lowest BCUT2D eigenvalue weighted by Crippen LogP contribution is -2.27. The number of ether oxygens (including phenoxy) is 1. The van der Waals surface area contributed by atoms with Crippen LogP contribution < -0.4 is 10.1 Å². The van der Waals surface area contributed by atoms with Crippen molar-refractivity contribution < 1.29 is 4.74 Å². The van der Waals surface area contributed by atoms with E-state index in [-0.39, 0.29) is 0 Å². The largest absolute Gasteiger partial charge is 0.493 e. The van der Waals surface area contributed by atoms with Crippen molar-refractivity contribution in [2.24, 2.45) is 0 Å². The Hall–Kier alpha value is -0.730. The lowest BCUT2D eigenvalue weighted by molar-refractivity contribution is 0.351. The molecular formula is C16H24ClNO. The topological polar surface area (TPSA) is 21.3 Å². The molecule has 1 heterocycles. The van der Waals surface area contributed by atoms with Crippen LogP contribution in [-0.2, 0) is 12.8 Å². The smallest absolute Gasteiger partial charge is 0.125 e. The third-order valence-corrected chi connectivity index (χ3v) is 4.07. The number of fused-ring (bicyclic) bond motifs is 1. The first-order valence-corrected chi connectivity index (χ1v) is 7.73. The number of hydrogen-bond donors (Lipinski definition) is 1. The molecule has 0 radical (unpaired) electrons. The van der Waals surface area contributed by atoms with Gasteiger partial charge in [0.15, 0.2) is 0 Å². The number of unbranched alkanes of at least 4 members (excludes halogenated alkanes) is 2. The third-order valence-electron chi connectivity index (χ3n) is 3.86. The molecule has 0 spiro atoms.